The lowest BCUT2D eigenvalue weighted by Gasteiger charge is -2.23. The third-order valence-corrected chi connectivity index (χ3v) is 5.65. The van der Waals surface area contributed by atoms with Crippen LogP contribution in [0.2, 0.25) is 0 Å². The fourth-order valence-corrected chi connectivity index (χ4v) is 4.10. The Labute approximate surface area is 191 Å². The molecule has 2 amide bonds. The summed E-state index contributed by atoms with van der Waals surface area (Å²) in [6.07, 6.45) is 4.41. The van der Waals surface area contributed by atoms with Crippen LogP contribution in [-0.4, -0.2) is 43.6 Å². The second kappa shape index (κ2) is 10.4. The molecule has 4 rings (SSSR count). The summed E-state index contributed by atoms with van der Waals surface area (Å²) in [4.78, 5) is 30.2. The van der Waals surface area contributed by atoms with Crippen LogP contribution in [0.4, 0.5) is 4.39 Å². The van der Waals surface area contributed by atoms with Gasteiger partial charge in [-0.2, -0.15) is 0 Å². The maximum atomic E-state index is 13.3. The zero-order valence-corrected chi connectivity index (χ0v) is 18.5. The van der Waals surface area contributed by atoms with Gasteiger partial charge in [-0.05, 0) is 60.2 Å². The summed E-state index contributed by atoms with van der Waals surface area (Å²) in [5.74, 6) is -0.852. The van der Waals surface area contributed by atoms with Crippen molar-refractivity contribution in [1.82, 2.24) is 15.6 Å². The molecule has 1 aromatic heterocycles. The smallest absolute Gasteiger partial charge is 0.252 e. The molecule has 0 saturated heterocycles. The van der Waals surface area contributed by atoms with Crippen LogP contribution in [-0.2, 0) is 16.0 Å². The average molecular weight is 448 g/mol. The number of amides is 2. The number of nitrogens with one attached hydrogen (secondary N) is 2. The monoisotopic (exact) mass is 447 g/mol. The van der Waals surface area contributed by atoms with Crippen LogP contribution in [0.5, 0.6) is 0 Å². The van der Waals surface area contributed by atoms with Gasteiger partial charge in [-0.3, -0.25) is 9.59 Å². The number of nitrogens with zero attached hydrogens (tertiary/aromatic N) is 1. The molecule has 0 bridgehead atoms. The summed E-state index contributed by atoms with van der Waals surface area (Å²) >= 11 is 0. The third-order valence-electron chi connectivity index (χ3n) is 5.65. The van der Waals surface area contributed by atoms with Crippen molar-refractivity contribution < 1.29 is 18.7 Å². The molecular weight excluding hydrogens is 421 g/mol. The number of carbonyl (C=O) groups excluding carboxylic acids is 2. The van der Waals surface area contributed by atoms with Crippen molar-refractivity contribution >= 4 is 34.4 Å². The number of benzene rings is 2. The summed E-state index contributed by atoms with van der Waals surface area (Å²) < 4.78 is 18.2. The van der Waals surface area contributed by atoms with Gasteiger partial charge in [-0.15, -0.1) is 0 Å². The van der Waals surface area contributed by atoms with Gasteiger partial charge in [0, 0.05) is 19.0 Å². The Morgan fingerprint density at radius 1 is 1.09 bits per heavy atom. The molecule has 1 aliphatic carbocycles. The summed E-state index contributed by atoms with van der Waals surface area (Å²) in [6.45, 7) is 0.675. The molecule has 170 valence electrons. The van der Waals surface area contributed by atoms with Gasteiger partial charge >= 0.3 is 0 Å². The van der Waals surface area contributed by atoms with E-state index in [0.717, 1.165) is 52.6 Å². The molecule has 0 atom stereocenters. The van der Waals surface area contributed by atoms with Crippen LogP contribution in [0.15, 0.2) is 48.5 Å². The highest BCUT2D eigenvalue weighted by atomic mass is 19.1. The van der Waals surface area contributed by atoms with E-state index in [-0.39, 0.29) is 24.2 Å². The molecule has 0 saturated carbocycles. The highest BCUT2D eigenvalue weighted by molar-refractivity contribution is 6.09. The molecule has 0 fully saturated rings. The predicted octanol–water partition coefficient (Wildman–Crippen LogP) is 3.74. The van der Waals surface area contributed by atoms with Gasteiger partial charge in [0.1, 0.15) is 5.82 Å². The largest absolute Gasteiger partial charge is 0.383 e. The van der Waals surface area contributed by atoms with Crippen molar-refractivity contribution in [3.05, 3.63) is 76.7 Å². The number of rotatable bonds is 7. The number of para-hydroxylation sites is 1. The molecule has 1 heterocycles. The first-order valence-corrected chi connectivity index (χ1v) is 11.0. The molecule has 0 radical (unpaired) electrons. The van der Waals surface area contributed by atoms with E-state index >= 15 is 0 Å². The Hall–Kier alpha value is -3.58. The number of fused-ring (bicyclic) bond motifs is 2. The molecular formula is C26H26FN3O3. The molecule has 1 aliphatic rings. The van der Waals surface area contributed by atoms with E-state index in [1.165, 1.54) is 12.1 Å². The molecule has 3 aromatic rings. The van der Waals surface area contributed by atoms with Crippen LogP contribution < -0.4 is 10.6 Å². The van der Waals surface area contributed by atoms with Crippen molar-refractivity contribution in [3.63, 3.8) is 0 Å². The van der Waals surface area contributed by atoms with E-state index in [1.54, 1.807) is 19.2 Å². The lowest BCUT2D eigenvalue weighted by atomic mass is 9.85. The molecule has 2 N–H and O–H groups in total. The minimum absolute atomic E-state index is 0.119. The van der Waals surface area contributed by atoms with Gasteiger partial charge in [0.05, 0.1) is 29.9 Å². The second-order valence-corrected chi connectivity index (χ2v) is 7.93. The minimum Gasteiger partial charge on any atom is -0.383 e. The van der Waals surface area contributed by atoms with Gasteiger partial charge in [-0.1, -0.05) is 30.3 Å². The summed E-state index contributed by atoms with van der Waals surface area (Å²) in [7, 11) is 1.56. The molecule has 33 heavy (non-hydrogen) atoms. The van der Waals surface area contributed by atoms with Crippen LogP contribution in [0.1, 0.15) is 40.0 Å². The van der Waals surface area contributed by atoms with Crippen LogP contribution in [0.25, 0.3) is 22.6 Å². The van der Waals surface area contributed by atoms with E-state index < -0.39 is 0 Å². The quantitative estimate of drug-likeness (QED) is 0.541. The Kier molecular flexibility index (Phi) is 7.10. The number of hydrogen-bond acceptors (Lipinski definition) is 4. The molecule has 6 nitrogen and oxygen atoms in total. The van der Waals surface area contributed by atoms with Crippen molar-refractivity contribution in [2.75, 3.05) is 26.8 Å². The SMILES string of the molecule is COCCNC(=O)CNC(=O)c1c2c(nc3ccccc13)C(=Cc1ccc(F)cc1)CCC2. The first kappa shape index (κ1) is 22.6. The minimum atomic E-state index is -0.297. The lowest BCUT2D eigenvalue weighted by Crippen LogP contribution is -2.38. The fraction of sp³-hybridized carbons (Fsp3) is 0.269. The molecule has 0 unspecified atom stereocenters. The Bertz CT molecular complexity index is 1210. The van der Waals surface area contributed by atoms with Crippen LogP contribution in [0, 0.1) is 5.82 Å². The van der Waals surface area contributed by atoms with Crippen LogP contribution in [0.3, 0.4) is 0 Å². The standard InChI is InChI=1S/C26H26FN3O3/c1-33-14-13-28-23(31)16-29-26(32)24-20-6-2-3-8-22(20)30-25-18(5-4-7-21(24)25)15-17-9-11-19(27)12-10-17/h2-3,6,8-12,15H,4-5,7,13-14,16H2,1H3,(H,28,31)(H,29,32). The third kappa shape index (κ3) is 5.26. The number of ether oxygens (including phenoxy) is 1. The number of allylic oxidation sites excluding steroid dienone is 1. The number of hydrogen-bond donors (Lipinski definition) is 2. The number of halogens is 1. The maximum Gasteiger partial charge on any atom is 0.252 e. The zero-order chi connectivity index (χ0) is 23.2. The predicted molar refractivity (Wildman–Crippen MR) is 126 cm³/mol. The van der Waals surface area contributed by atoms with E-state index in [4.69, 9.17) is 9.72 Å². The number of methoxy groups -OCH3 is 1. The first-order valence-electron chi connectivity index (χ1n) is 11.0. The Morgan fingerprint density at radius 2 is 1.88 bits per heavy atom. The summed E-state index contributed by atoms with van der Waals surface area (Å²) in [6, 6.07) is 13.9. The summed E-state index contributed by atoms with van der Waals surface area (Å²) in [5.41, 5.74) is 4.85. The number of carbonyl (C=O) groups is 2. The van der Waals surface area contributed by atoms with Crippen molar-refractivity contribution in [2.45, 2.75) is 19.3 Å². The molecule has 7 heteroatoms. The van der Waals surface area contributed by atoms with E-state index in [2.05, 4.69) is 10.6 Å². The first-order chi connectivity index (χ1) is 16.1. The van der Waals surface area contributed by atoms with E-state index in [9.17, 15) is 14.0 Å². The molecule has 0 spiro atoms. The maximum absolute atomic E-state index is 13.3. The van der Waals surface area contributed by atoms with Gasteiger partial charge in [0.2, 0.25) is 5.91 Å². The van der Waals surface area contributed by atoms with Crippen molar-refractivity contribution in [2.24, 2.45) is 0 Å². The highest BCUT2D eigenvalue weighted by Gasteiger charge is 2.25. The van der Waals surface area contributed by atoms with Crippen molar-refractivity contribution in [3.8, 4) is 0 Å². The number of pyridine rings is 1. The lowest BCUT2D eigenvalue weighted by molar-refractivity contribution is -0.120. The fourth-order valence-electron chi connectivity index (χ4n) is 4.10. The Balaban J connectivity index is 1.69. The van der Waals surface area contributed by atoms with Crippen LogP contribution >= 0.6 is 0 Å². The van der Waals surface area contributed by atoms with E-state index in [0.29, 0.717) is 18.7 Å². The van der Waals surface area contributed by atoms with Gasteiger partial charge in [-0.25, -0.2) is 9.37 Å². The van der Waals surface area contributed by atoms with Gasteiger partial charge in [0.25, 0.3) is 5.91 Å². The zero-order valence-electron chi connectivity index (χ0n) is 18.5. The Morgan fingerprint density at radius 3 is 2.67 bits per heavy atom. The highest BCUT2D eigenvalue weighted by Crippen LogP contribution is 2.36. The number of aromatic nitrogens is 1. The van der Waals surface area contributed by atoms with Gasteiger partial charge < -0.3 is 15.4 Å². The van der Waals surface area contributed by atoms with Crippen molar-refractivity contribution in [1.29, 1.82) is 0 Å². The average Bonchev–Trinajstić information content (AvgIpc) is 2.83. The second-order valence-electron chi connectivity index (χ2n) is 7.93. The summed E-state index contributed by atoms with van der Waals surface area (Å²) in [5, 5.41) is 6.22. The topological polar surface area (TPSA) is 80.3 Å². The van der Waals surface area contributed by atoms with E-state index in [1.807, 2.05) is 30.3 Å². The van der Waals surface area contributed by atoms with Gasteiger partial charge in [0.15, 0.2) is 0 Å². The normalized spacial score (nSPS) is 14.2. The molecule has 0 aliphatic heterocycles. The molecule has 2 aromatic carbocycles.